The number of nitrogens with zero attached hydrogens (tertiary/aromatic N) is 1. The van der Waals surface area contributed by atoms with Crippen molar-refractivity contribution in [2.45, 2.75) is 6.42 Å². The van der Waals surface area contributed by atoms with Gasteiger partial charge in [0.05, 0.1) is 11.3 Å². The summed E-state index contributed by atoms with van der Waals surface area (Å²) < 4.78 is 26.2. The van der Waals surface area contributed by atoms with Crippen molar-refractivity contribution in [3.8, 4) is 0 Å². The normalized spacial score (nSPS) is 16.9. The van der Waals surface area contributed by atoms with Gasteiger partial charge in [0.1, 0.15) is 4.32 Å². The second kappa shape index (κ2) is 6.31. The molecule has 1 N–H and O–H groups in total. The standard InChI is InChI=1S/C13H9F2NO3S2/c14-8-2-1-7(5-9(8)15)6-10-12(19)16(13(20)21-10)4-3-11(17)18/h1-2,5-6H,3-4H2,(H,17,18)/b10-6+. The van der Waals surface area contributed by atoms with Crippen LogP contribution in [0.3, 0.4) is 0 Å². The van der Waals surface area contributed by atoms with Gasteiger partial charge in [0, 0.05) is 6.54 Å². The van der Waals surface area contributed by atoms with Crippen molar-refractivity contribution in [1.29, 1.82) is 0 Å². The number of halogens is 2. The molecule has 0 aliphatic carbocycles. The van der Waals surface area contributed by atoms with Crippen LogP contribution in [0.2, 0.25) is 0 Å². The van der Waals surface area contributed by atoms with E-state index in [4.69, 9.17) is 17.3 Å². The number of amides is 1. The van der Waals surface area contributed by atoms with E-state index in [0.29, 0.717) is 5.56 Å². The van der Waals surface area contributed by atoms with Crippen LogP contribution in [0, 0.1) is 11.6 Å². The number of thioether (sulfide) groups is 1. The molecule has 1 saturated heterocycles. The summed E-state index contributed by atoms with van der Waals surface area (Å²) in [6.07, 6.45) is 1.17. The summed E-state index contributed by atoms with van der Waals surface area (Å²) in [4.78, 5) is 24.0. The first-order valence-electron chi connectivity index (χ1n) is 5.80. The van der Waals surface area contributed by atoms with Crippen LogP contribution >= 0.6 is 24.0 Å². The number of hydrogen-bond donors (Lipinski definition) is 1. The predicted molar refractivity (Wildman–Crippen MR) is 78.5 cm³/mol. The topological polar surface area (TPSA) is 57.6 Å². The predicted octanol–water partition coefficient (Wildman–Crippen LogP) is 2.64. The van der Waals surface area contributed by atoms with Crippen LogP contribution < -0.4 is 0 Å². The van der Waals surface area contributed by atoms with Gasteiger partial charge in [-0.2, -0.15) is 0 Å². The maximum absolute atomic E-state index is 13.1. The Kier molecular flexibility index (Phi) is 4.69. The first-order valence-corrected chi connectivity index (χ1v) is 7.03. The van der Waals surface area contributed by atoms with Gasteiger partial charge < -0.3 is 5.11 Å². The Labute approximate surface area is 128 Å². The minimum atomic E-state index is -1.03. The third-order valence-electron chi connectivity index (χ3n) is 2.66. The van der Waals surface area contributed by atoms with E-state index in [-0.39, 0.29) is 22.2 Å². The maximum atomic E-state index is 13.1. The smallest absolute Gasteiger partial charge is 0.305 e. The van der Waals surface area contributed by atoms with E-state index in [1.807, 2.05) is 0 Å². The Morgan fingerprint density at radius 3 is 2.71 bits per heavy atom. The Morgan fingerprint density at radius 2 is 2.10 bits per heavy atom. The molecule has 0 bridgehead atoms. The molecule has 4 nitrogen and oxygen atoms in total. The molecule has 1 aliphatic heterocycles. The fraction of sp³-hybridized carbons (Fsp3) is 0.154. The molecule has 1 aromatic carbocycles. The highest BCUT2D eigenvalue weighted by Crippen LogP contribution is 2.32. The highest BCUT2D eigenvalue weighted by Gasteiger charge is 2.32. The lowest BCUT2D eigenvalue weighted by atomic mass is 10.2. The summed E-state index contributed by atoms with van der Waals surface area (Å²) in [6.45, 7) is -0.0187. The zero-order chi connectivity index (χ0) is 15.6. The molecule has 1 fully saturated rings. The second-order valence-electron chi connectivity index (χ2n) is 4.15. The molecule has 1 aliphatic rings. The van der Waals surface area contributed by atoms with Crippen molar-refractivity contribution in [3.63, 3.8) is 0 Å². The van der Waals surface area contributed by atoms with E-state index in [2.05, 4.69) is 0 Å². The van der Waals surface area contributed by atoms with Crippen LogP contribution in [0.15, 0.2) is 23.1 Å². The minimum Gasteiger partial charge on any atom is -0.481 e. The molecular weight excluding hydrogens is 320 g/mol. The van der Waals surface area contributed by atoms with Gasteiger partial charge in [-0.1, -0.05) is 30.0 Å². The monoisotopic (exact) mass is 329 g/mol. The van der Waals surface area contributed by atoms with Gasteiger partial charge in [-0.15, -0.1) is 0 Å². The quantitative estimate of drug-likeness (QED) is 0.680. The van der Waals surface area contributed by atoms with Crippen molar-refractivity contribution in [1.82, 2.24) is 4.90 Å². The molecule has 0 spiro atoms. The molecule has 110 valence electrons. The van der Waals surface area contributed by atoms with Crippen LogP contribution in [0.5, 0.6) is 0 Å². The molecule has 1 aromatic rings. The van der Waals surface area contributed by atoms with Crippen LogP contribution in [0.1, 0.15) is 12.0 Å². The molecule has 1 heterocycles. The Balaban J connectivity index is 2.19. The molecule has 0 atom stereocenters. The number of carbonyl (C=O) groups excluding carboxylic acids is 1. The van der Waals surface area contributed by atoms with Crippen molar-refractivity contribution in [2.24, 2.45) is 0 Å². The van der Waals surface area contributed by atoms with E-state index in [0.717, 1.165) is 23.9 Å². The van der Waals surface area contributed by atoms with E-state index >= 15 is 0 Å². The van der Waals surface area contributed by atoms with E-state index in [1.165, 1.54) is 17.0 Å². The number of rotatable bonds is 4. The first-order chi connectivity index (χ1) is 9.88. The number of carboxylic acid groups (broad SMARTS) is 1. The number of hydrogen-bond acceptors (Lipinski definition) is 4. The first kappa shape index (κ1) is 15.6. The summed E-state index contributed by atoms with van der Waals surface area (Å²) in [5, 5.41) is 8.62. The third-order valence-corrected chi connectivity index (χ3v) is 4.04. The Hall–Kier alpha value is -1.80. The van der Waals surface area contributed by atoms with Crippen molar-refractivity contribution >= 4 is 46.3 Å². The lowest BCUT2D eigenvalue weighted by molar-refractivity contribution is -0.137. The van der Waals surface area contributed by atoms with E-state index in [1.54, 1.807) is 0 Å². The molecule has 0 unspecified atom stereocenters. The lowest BCUT2D eigenvalue weighted by Gasteiger charge is -2.12. The Bertz CT molecular complexity index is 661. The summed E-state index contributed by atoms with van der Waals surface area (Å²) in [5.74, 6) is -3.45. The van der Waals surface area contributed by atoms with Crippen molar-refractivity contribution in [2.75, 3.05) is 6.54 Å². The van der Waals surface area contributed by atoms with Crippen molar-refractivity contribution in [3.05, 3.63) is 40.3 Å². The van der Waals surface area contributed by atoms with Gasteiger partial charge >= 0.3 is 5.97 Å². The number of carboxylic acids is 1. The van der Waals surface area contributed by atoms with Crippen molar-refractivity contribution < 1.29 is 23.5 Å². The molecule has 8 heteroatoms. The van der Waals surface area contributed by atoms with Gasteiger partial charge in [-0.3, -0.25) is 14.5 Å². The molecule has 0 aromatic heterocycles. The van der Waals surface area contributed by atoms with Gasteiger partial charge in [0.25, 0.3) is 5.91 Å². The summed E-state index contributed by atoms with van der Waals surface area (Å²) in [5.41, 5.74) is 0.327. The molecular formula is C13H9F2NO3S2. The molecule has 0 saturated carbocycles. The van der Waals surface area contributed by atoms with Gasteiger partial charge in [-0.05, 0) is 23.8 Å². The van der Waals surface area contributed by atoms with E-state index in [9.17, 15) is 18.4 Å². The SMILES string of the molecule is O=C(O)CCN1C(=O)/C(=C\c2ccc(F)c(F)c2)SC1=S. The fourth-order valence-corrected chi connectivity index (χ4v) is 2.96. The average molecular weight is 329 g/mol. The fourth-order valence-electron chi connectivity index (χ4n) is 1.65. The maximum Gasteiger partial charge on any atom is 0.305 e. The van der Waals surface area contributed by atoms with Gasteiger partial charge in [-0.25, -0.2) is 8.78 Å². The number of thiocarbonyl (C=S) groups is 1. The molecule has 1 amide bonds. The zero-order valence-corrected chi connectivity index (χ0v) is 12.1. The molecule has 0 radical (unpaired) electrons. The van der Waals surface area contributed by atoms with Gasteiger partial charge in [0.2, 0.25) is 0 Å². The largest absolute Gasteiger partial charge is 0.481 e. The summed E-state index contributed by atoms with van der Waals surface area (Å²) in [6, 6.07) is 3.27. The number of aliphatic carboxylic acids is 1. The molecule has 2 rings (SSSR count). The average Bonchev–Trinajstić information content (AvgIpc) is 2.67. The van der Waals surface area contributed by atoms with Crippen LogP contribution in [0.25, 0.3) is 6.08 Å². The lowest BCUT2D eigenvalue weighted by Crippen LogP contribution is -2.30. The van der Waals surface area contributed by atoms with E-state index < -0.39 is 23.5 Å². The highest BCUT2D eigenvalue weighted by molar-refractivity contribution is 8.26. The highest BCUT2D eigenvalue weighted by atomic mass is 32.2. The van der Waals surface area contributed by atoms with Crippen LogP contribution in [-0.4, -0.2) is 32.7 Å². The Morgan fingerprint density at radius 1 is 1.38 bits per heavy atom. The molecule has 21 heavy (non-hydrogen) atoms. The van der Waals surface area contributed by atoms with Gasteiger partial charge in [0.15, 0.2) is 11.6 Å². The zero-order valence-electron chi connectivity index (χ0n) is 10.5. The van der Waals surface area contributed by atoms with Crippen LogP contribution in [-0.2, 0) is 9.59 Å². The summed E-state index contributed by atoms with van der Waals surface area (Å²) in [7, 11) is 0. The summed E-state index contributed by atoms with van der Waals surface area (Å²) >= 11 is 6.01. The minimum absolute atomic E-state index is 0.0187. The number of carbonyl (C=O) groups is 2. The number of benzene rings is 1. The second-order valence-corrected chi connectivity index (χ2v) is 5.83. The van der Waals surface area contributed by atoms with Crippen LogP contribution in [0.4, 0.5) is 8.78 Å². The third kappa shape index (κ3) is 3.64.